The lowest BCUT2D eigenvalue weighted by molar-refractivity contribution is -0.0343. The maximum absolute atomic E-state index is 6.14. The number of hydrogen-bond acceptors (Lipinski definition) is 4. The SMILES string of the molecule is CN1CCOC(C(N)c2nccn2C)C1. The zero-order chi connectivity index (χ0) is 10.8. The first kappa shape index (κ1) is 10.6. The van der Waals surface area contributed by atoms with E-state index in [1.165, 1.54) is 0 Å². The molecule has 2 unspecified atom stereocenters. The zero-order valence-electron chi connectivity index (χ0n) is 9.26. The van der Waals surface area contributed by atoms with E-state index in [4.69, 9.17) is 10.5 Å². The van der Waals surface area contributed by atoms with Crippen LogP contribution in [0.4, 0.5) is 0 Å². The van der Waals surface area contributed by atoms with Crippen LogP contribution in [0.25, 0.3) is 0 Å². The number of hydrogen-bond donors (Lipinski definition) is 1. The fourth-order valence-electron chi connectivity index (χ4n) is 1.89. The molecule has 1 fully saturated rings. The number of morpholine rings is 1. The quantitative estimate of drug-likeness (QED) is 0.731. The van der Waals surface area contributed by atoms with Crippen molar-refractivity contribution in [3.63, 3.8) is 0 Å². The zero-order valence-corrected chi connectivity index (χ0v) is 9.26. The van der Waals surface area contributed by atoms with E-state index in [9.17, 15) is 0 Å². The first-order valence-corrected chi connectivity index (χ1v) is 5.21. The maximum atomic E-state index is 6.14. The van der Waals surface area contributed by atoms with Gasteiger partial charge in [0.05, 0.1) is 18.8 Å². The van der Waals surface area contributed by atoms with Crippen molar-refractivity contribution in [3.8, 4) is 0 Å². The van der Waals surface area contributed by atoms with Gasteiger partial charge in [-0.1, -0.05) is 0 Å². The van der Waals surface area contributed by atoms with Crippen LogP contribution in [0.5, 0.6) is 0 Å². The van der Waals surface area contributed by atoms with Crippen molar-refractivity contribution in [1.29, 1.82) is 0 Å². The van der Waals surface area contributed by atoms with Gasteiger partial charge in [-0.3, -0.25) is 0 Å². The number of ether oxygens (including phenoxy) is 1. The average Bonchev–Trinajstić information content (AvgIpc) is 2.63. The summed E-state index contributed by atoms with van der Waals surface area (Å²) < 4.78 is 7.62. The fourth-order valence-corrected chi connectivity index (χ4v) is 1.89. The largest absolute Gasteiger partial charge is 0.373 e. The van der Waals surface area contributed by atoms with E-state index < -0.39 is 0 Å². The molecule has 0 saturated carbocycles. The van der Waals surface area contributed by atoms with Crippen molar-refractivity contribution in [2.45, 2.75) is 12.1 Å². The molecule has 1 aliphatic rings. The Kier molecular flexibility index (Phi) is 3.04. The predicted molar refractivity (Wildman–Crippen MR) is 57.4 cm³/mol. The minimum absolute atomic E-state index is 0.0462. The summed E-state index contributed by atoms with van der Waals surface area (Å²) in [7, 11) is 4.04. The summed E-state index contributed by atoms with van der Waals surface area (Å²) >= 11 is 0. The van der Waals surface area contributed by atoms with E-state index >= 15 is 0 Å². The van der Waals surface area contributed by atoms with Crippen LogP contribution in [0.2, 0.25) is 0 Å². The molecule has 2 atom stereocenters. The summed E-state index contributed by atoms with van der Waals surface area (Å²) in [6.45, 7) is 2.59. The minimum atomic E-state index is -0.146. The second kappa shape index (κ2) is 4.30. The van der Waals surface area contributed by atoms with Gasteiger partial charge >= 0.3 is 0 Å². The average molecular weight is 210 g/mol. The molecule has 0 spiro atoms. The molecule has 2 heterocycles. The molecule has 84 valence electrons. The highest BCUT2D eigenvalue weighted by molar-refractivity contribution is 5.01. The summed E-state index contributed by atoms with van der Waals surface area (Å²) in [5.41, 5.74) is 6.14. The lowest BCUT2D eigenvalue weighted by Gasteiger charge is -2.33. The Morgan fingerprint density at radius 1 is 1.60 bits per heavy atom. The smallest absolute Gasteiger partial charge is 0.128 e. The summed E-state index contributed by atoms with van der Waals surface area (Å²) in [6.07, 6.45) is 3.72. The molecule has 0 bridgehead atoms. The standard InChI is InChI=1S/C10H18N4O/c1-13-5-6-15-8(7-13)9(11)10-12-3-4-14(10)2/h3-4,8-9H,5-7,11H2,1-2H3. The summed E-state index contributed by atoms with van der Waals surface area (Å²) in [6, 6.07) is -0.146. The Morgan fingerprint density at radius 2 is 2.40 bits per heavy atom. The third-order valence-electron chi connectivity index (χ3n) is 2.85. The van der Waals surface area contributed by atoms with Crippen LogP contribution in [0, 0.1) is 0 Å². The van der Waals surface area contributed by atoms with Gasteiger partial charge < -0.3 is 19.9 Å². The summed E-state index contributed by atoms with van der Waals surface area (Å²) in [5.74, 6) is 0.885. The fraction of sp³-hybridized carbons (Fsp3) is 0.700. The van der Waals surface area contributed by atoms with Crippen molar-refractivity contribution >= 4 is 0 Å². The van der Waals surface area contributed by atoms with Crippen molar-refractivity contribution in [2.75, 3.05) is 26.7 Å². The Balaban J connectivity index is 2.07. The van der Waals surface area contributed by atoms with Gasteiger partial charge in [0.15, 0.2) is 0 Å². The van der Waals surface area contributed by atoms with Gasteiger partial charge in [-0.05, 0) is 7.05 Å². The number of rotatable bonds is 2. The molecule has 0 aliphatic carbocycles. The van der Waals surface area contributed by atoms with E-state index in [0.29, 0.717) is 0 Å². The van der Waals surface area contributed by atoms with E-state index in [1.54, 1.807) is 6.20 Å². The molecular weight excluding hydrogens is 192 g/mol. The van der Waals surface area contributed by atoms with Crippen molar-refractivity contribution < 1.29 is 4.74 Å². The molecule has 0 aromatic carbocycles. The number of nitrogens with zero attached hydrogens (tertiary/aromatic N) is 3. The van der Waals surface area contributed by atoms with Gasteiger partial charge in [-0.25, -0.2) is 4.98 Å². The van der Waals surface area contributed by atoms with Crippen LogP contribution in [0.1, 0.15) is 11.9 Å². The van der Waals surface area contributed by atoms with Gasteiger partial charge in [0.2, 0.25) is 0 Å². The number of likely N-dealkylation sites (N-methyl/N-ethyl adjacent to an activating group) is 1. The Bertz CT molecular complexity index is 325. The first-order valence-electron chi connectivity index (χ1n) is 5.21. The molecule has 1 aromatic rings. The second-order valence-electron chi connectivity index (χ2n) is 4.09. The molecular formula is C10H18N4O. The molecule has 5 heteroatoms. The Morgan fingerprint density at radius 3 is 3.00 bits per heavy atom. The Hall–Kier alpha value is -0.910. The molecule has 2 N–H and O–H groups in total. The monoisotopic (exact) mass is 210 g/mol. The van der Waals surface area contributed by atoms with Crippen LogP contribution in [-0.4, -0.2) is 47.3 Å². The summed E-state index contributed by atoms with van der Waals surface area (Å²) in [5, 5.41) is 0. The van der Waals surface area contributed by atoms with Crippen LogP contribution in [0.3, 0.4) is 0 Å². The summed E-state index contributed by atoms with van der Waals surface area (Å²) in [4.78, 5) is 6.49. The van der Waals surface area contributed by atoms with Crippen LogP contribution >= 0.6 is 0 Å². The lowest BCUT2D eigenvalue weighted by atomic mass is 10.1. The third kappa shape index (κ3) is 2.19. The van der Waals surface area contributed by atoms with Crippen molar-refractivity contribution in [2.24, 2.45) is 12.8 Å². The number of imidazole rings is 1. The number of aryl methyl sites for hydroxylation is 1. The molecule has 15 heavy (non-hydrogen) atoms. The molecule has 2 rings (SSSR count). The van der Waals surface area contributed by atoms with Crippen molar-refractivity contribution in [3.05, 3.63) is 18.2 Å². The van der Waals surface area contributed by atoms with Gasteiger partial charge in [0, 0.05) is 32.5 Å². The molecule has 1 aliphatic heterocycles. The number of nitrogens with two attached hydrogens (primary N) is 1. The second-order valence-corrected chi connectivity index (χ2v) is 4.09. The molecule has 0 radical (unpaired) electrons. The number of aromatic nitrogens is 2. The van der Waals surface area contributed by atoms with Crippen LogP contribution < -0.4 is 5.73 Å². The molecule has 1 aromatic heterocycles. The highest BCUT2D eigenvalue weighted by Gasteiger charge is 2.27. The van der Waals surface area contributed by atoms with E-state index in [2.05, 4.69) is 16.9 Å². The Labute approximate surface area is 89.8 Å². The normalized spacial score (nSPS) is 25.4. The maximum Gasteiger partial charge on any atom is 0.128 e. The predicted octanol–water partition coefficient (Wildman–Crippen LogP) is -0.249. The highest BCUT2D eigenvalue weighted by atomic mass is 16.5. The van der Waals surface area contributed by atoms with Gasteiger partial charge in [-0.15, -0.1) is 0 Å². The van der Waals surface area contributed by atoms with Crippen LogP contribution in [0.15, 0.2) is 12.4 Å². The van der Waals surface area contributed by atoms with Gasteiger partial charge in [0.25, 0.3) is 0 Å². The van der Waals surface area contributed by atoms with Gasteiger partial charge in [-0.2, -0.15) is 0 Å². The lowest BCUT2D eigenvalue weighted by Crippen LogP contribution is -2.45. The third-order valence-corrected chi connectivity index (χ3v) is 2.85. The highest BCUT2D eigenvalue weighted by Crippen LogP contribution is 2.17. The van der Waals surface area contributed by atoms with E-state index in [1.807, 2.05) is 17.8 Å². The van der Waals surface area contributed by atoms with E-state index in [0.717, 1.165) is 25.5 Å². The molecule has 5 nitrogen and oxygen atoms in total. The van der Waals surface area contributed by atoms with Gasteiger partial charge in [0.1, 0.15) is 5.82 Å². The molecule has 1 saturated heterocycles. The topological polar surface area (TPSA) is 56.3 Å². The first-order chi connectivity index (χ1) is 7.18. The minimum Gasteiger partial charge on any atom is -0.373 e. The van der Waals surface area contributed by atoms with E-state index in [-0.39, 0.29) is 12.1 Å². The molecule has 0 amide bonds. The van der Waals surface area contributed by atoms with Crippen molar-refractivity contribution in [1.82, 2.24) is 14.5 Å². The van der Waals surface area contributed by atoms with Crippen LogP contribution in [-0.2, 0) is 11.8 Å².